The maximum Gasteiger partial charge on any atom is 0.240 e. The third-order valence-corrected chi connectivity index (χ3v) is 4.57. The maximum absolute atomic E-state index is 11.9. The molecule has 1 aromatic carbocycles. The zero-order valence-electron chi connectivity index (χ0n) is 10.6. The largest absolute Gasteiger partial charge is 0.389 e. The van der Waals surface area contributed by atoms with Gasteiger partial charge in [-0.1, -0.05) is 18.2 Å². The van der Waals surface area contributed by atoms with Gasteiger partial charge in [-0.05, 0) is 37.5 Å². The van der Waals surface area contributed by atoms with Crippen LogP contribution in [-0.2, 0) is 10.0 Å². The fraction of sp³-hybridized carbons (Fsp3) is 0.500. The van der Waals surface area contributed by atoms with Gasteiger partial charge in [0, 0.05) is 6.54 Å². The van der Waals surface area contributed by atoms with Gasteiger partial charge in [0.05, 0.1) is 10.5 Å². The summed E-state index contributed by atoms with van der Waals surface area (Å²) in [5.74, 6) is 0.792. The average molecular weight is 289 g/mol. The van der Waals surface area contributed by atoms with Crippen molar-refractivity contribution in [3.63, 3.8) is 0 Å². The maximum atomic E-state index is 11.9. The van der Waals surface area contributed by atoms with Gasteiger partial charge in [-0.25, -0.2) is 13.1 Å². The first-order valence-electron chi connectivity index (χ1n) is 5.63. The van der Waals surface area contributed by atoms with Gasteiger partial charge in [-0.15, -0.1) is 0 Å². The van der Waals surface area contributed by atoms with E-state index in [0.717, 1.165) is 5.75 Å². The van der Waals surface area contributed by atoms with Crippen LogP contribution >= 0.6 is 11.8 Å². The van der Waals surface area contributed by atoms with Crippen LogP contribution in [0.3, 0.4) is 0 Å². The quantitative estimate of drug-likeness (QED) is 0.798. The van der Waals surface area contributed by atoms with Crippen LogP contribution in [0, 0.1) is 0 Å². The summed E-state index contributed by atoms with van der Waals surface area (Å²) in [6.07, 6.45) is 2.50. The predicted molar refractivity (Wildman–Crippen MR) is 75.3 cm³/mol. The van der Waals surface area contributed by atoms with E-state index in [4.69, 9.17) is 0 Å². The number of benzene rings is 1. The molecule has 1 rings (SSSR count). The summed E-state index contributed by atoms with van der Waals surface area (Å²) in [6.45, 7) is 1.65. The molecule has 0 saturated heterocycles. The van der Waals surface area contributed by atoms with Crippen molar-refractivity contribution in [1.82, 2.24) is 4.72 Å². The van der Waals surface area contributed by atoms with Crippen molar-refractivity contribution in [2.75, 3.05) is 18.6 Å². The normalized spacial score (nSPS) is 15.3. The standard InChI is InChI=1S/C12H19NO3S2/c1-12(14,8-9-17-2)10-13-18(15,16)11-6-4-3-5-7-11/h3-7,13-14H,8-10H2,1-2H3. The minimum Gasteiger partial charge on any atom is -0.389 e. The van der Waals surface area contributed by atoms with Crippen molar-refractivity contribution in [2.24, 2.45) is 0 Å². The van der Waals surface area contributed by atoms with E-state index in [1.54, 1.807) is 36.9 Å². The van der Waals surface area contributed by atoms with Gasteiger partial charge in [0.25, 0.3) is 0 Å². The predicted octanol–water partition coefficient (Wildman–Crippen LogP) is 1.47. The smallest absolute Gasteiger partial charge is 0.240 e. The molecule has 1 aromatic rings. The van der Waals surface area contributed by atoms with Crippen molar-refractivity contribution in [2.45, 2.75) is 23.8 Å². The van der Waals surface area contributed by atoms with E-state index < -0.39 is 15.6 Å². The van der Waals surface area contributed by atoms with Gasteiger partial charge in [0.2, 0.25) is 10.0 Å². The molecule has 6 heteroatoms. The number of sulfonamides is 1. The molecule has 0 aliphatic heterocycles. The first-order chi connectivity index (χ1) is 8.37. The zero-order valence-corrected chi connectivity index (χ0v) is 12.2. The van der Waals surface area contributed by atoms with E-state index in [1.807, 2.05) is 6.26 Å². The van der Waals surface area contributed by atoms with Crippen LogP contribution in [-0.4, -0.2) is 37.7 Å². The lowest BCUT2D eigenvalue weighted by Crippen LogP contribution is -2.40. The van der Waals surface area contributed by atoms with E-state index in [2.05, 4.69) is 4.72 Å². The second kappa shape index (κ2) is 6.56. The molecule has 0 saturated carbocycles. The monoisotopic (exact) mass is 289 g/mol. The molecule has 2 N–H and O–H groups in total. The van der Waals surface area contributed by atoms with Crippen LogP contribution in [0.1, 0.15) is 13.3 Å². The molecule has 0 aromatic heterocycles. The van der Waals surface area contributed by atoms with Crippen LogP contribution in [0.15, 0.2) is 35.2 Å². The van der Waals surface area contributed by atoms with Crippen LogP contribution in [0.2, 0.25) is 0 Å². The second-order valence-corrected chi connectivity index (χ2v) is 7.13. The van der Waals surface area contributed by atoms with E-state index in [0.29, 0.717) is 6.42 Å². The fourth-order valence-electron chi connectivity index (χ4n) is 1.34. The topological polar surface area (TPSA) is 66.4 Å². The van der Waals surface area contributed by atoms with E-state index in [-0.39, 0.29) is 11.4 Å². The van der Waals surface area contributed by atoms with Crippen molar-refractivity contribution < 1.29 is 13.5 Å². The molecule has 102 valence electrons. The Kier molecular flexibility index (Phi) is 5.65. The first-order valence-corrected chi connectivity index (χ1v) is 8.51. The van der Waals surface area contributed by atoms with Crippen LogP contribution in [0.5, 0.6) is 0 Å². The highest BCUT2D eigenvalue weighted by atomic mass is 32.2. The molecule has 0 aliphatic carbocycles. The van der Waals surface area contributed by atoms with Crippen LogP contribution in [0.4, 0.5) is 0 Å². The highest BCUT2D eigenvalue weighted by Crippen LogP contribution is 2.13. The van der Waals surface area contributed by atoms with Crippen LogP contribution in [0.25, 0.3) is 0 Å². The molecule has 0 spiro atoms. The summed E-state index contributed by atoms with van der Waals surface area (Å²) in [5, 5.41) is 10.0. The lowest BCUT2D eigenvalue weighted by atomic mass is 10.1. The molecule has 0 bridgehead atoms. The number of rotatable bonds is 7. The number of hydrogen-bond donors (Lipinski definition) is 2. The lowest BCUT2D eigenvalue weighted by Gasteiger charge is -2.23. The van der Waals surface area contributed by atoms with Crippen molar-refractivity contribution in [3.05, 3.63) is 30.3 Å². The summed E-state index contributed by atoms with van der Waals surface area (Å²) in [7, 11) is -3.54. The zero-order chi connectivity index (χ0) is 13.6. The summed E-state index contributed by atoms with van der Waals surface area (Å²) < 4.78 is 26.3. The Labute approximate surface area is 113 Å². The summed E-state index contributed by atoms with van der Waals surface area (Å²) in [6, 6.07) is 8.15. The molecule has 0 fully saturated rings. The van der Waals surface area contributed by atoms with Gasteiger partial charge in [-0.3, -0.25) is 0 Å². The molecular formula is C12H19NO3S2. The van der Waals surface area contributed by atoms with E-state index in [1.165, 1.54) is 12.1 Å². The molecule has 0 amide bonds. The Hall–Kier alpha value is -0.560. The Morgan fingerprint density at radius 2 is 1.94 bits per heavy atom. The number of nitrogens with one attached hydrogen (secondary N) is 1. The number of thioether (sulfide) groups is 1. The molecule has 18 heavy (non-hydrogen) atoms. The molecule has 0 aliphatic rings. The van der Waals surface area contributed by atoms with Crippen molar-refractivity contribution in [3.8, 4) is 0 Å². The van der Waals surface area contributed by atoms with Gasteiger partial charge in [0.1, 0.15) is 0 Å². The van der Waals surface area contributed by atoms with Gasteiger partial charge < -0.3 is 5.11 Å². The summed E-state index contributed by atoms with van der Waals surface area (Å²) in [5.41, 5.74) is -1.02. The Morgan fingerprint density at radius 1 is 1.33 bits per heavy atom. The van der Waals surface area contributed by atoms with Gasteiger partial charge >= 0.3 is 0 Å². The summed E-state index contributed by atoms with van der Waals surface area (Å²) in [4.78, 5) is 0.214. The molecule has 1 unspecified atom stereocenters. The highest BCUT2D eigenvalue weighted by molar-refractivity contribution is 7.98. The molecule has 0 heterocycles. The van der Waals surface area contributed by atoms with Crippen LogP contribution < -0.4 is 4.72 Å². The number of hydrogen-bond acceptors (Lipinski definition) is 4. The molecular weight excluding hydrogens is 270 g/mol. The van der Waals surface area contributed by atoms with E-state index >= 15 is 0 Å². The first kappa shape index (κ1) is 15.5. The minimum absolute atomic E-state index is 0.0186. The SMILES string of the molecule is CSCCC(C)(O)CNS(=O)(=O)c1ccccc1. The summed E-state index contributed by atoms with van der Waals surface area (Å²) >= 11 is 1.62. The van der Waals surface area contributed by atoms with Gasteiger partial charge in [-0.2, -0.15) is 11.8 Å². The molecule has 0 radical (unpaired) electrons. The van der Waals surface area contributed by atoms with Crippen molar-refractivity contribution in [1.29, 1.82) is 0 Å². The molecule has 1 atom stereocenters. The second-order valence-electron chi connectivity index (χ2n) is 4.38. The average Bonchev–Trinajstić information content (AvgIpc) is 2.36. The molecule has 4 nitrogen and oxygen atoms in total. The fourth-order valence-corrected chi connectivity index (χ4v) is 3.17. The highest BCUT2D eigenvalue weighted by Gasteiger charge is 2.23. The van der Waals surface area contributed by atoms with Gasteiger partial charge in [0.15, 0.2) is 0 Å². The lowest BCUT2D eigenvalue weighted by molar-refractivity contribution is 0.0626. The Bertz CT molecular complexity index is 457. The van der Waals surface area contributed by atoms with E-state index in [9.17, 15) is 13.5 Å². The minimum atomic E-state index is -3.54. The Morgan fingerprint density at radius 3 is 2.50 bits per heavy atom. The third-order valence-electron chi connectivity index (χ3n) is 2.54. The Balaban J connectivity index is 2.63. The third kappa shape index (κ3) is 4.97. The number of aliphatic hydroxyl groups is 1. The van der Waals surface area contributed by atoms with Crippen molar-refractivity contribution >= 4 is 21.8 Å².